The fourth-order valence-corrected chi connectivity index (χ4v) is 3.10. The molecule has 0 spiro atoms. The smallest absolute Gasteiger partial charge is 0.395 e. The van der Waals surface area contributed by atoms with Gasteiger partial charge in [-0.2, -0.15) is 4.98 Å². The van der Waals surface area contributed by atoms with E-state index in [0.717, 1.165) is 23.2 Å². The third-order valence-electron chi connectivity index (χ3n) is 4.08. The lowest BCUT2D eigenvalue weighted by atomic mass is 10.0. The first kappa shape index (κ1) is 21.0. The Kier molecular flexibility index (Phi) is 7.05. The van der Waals surface area contributed by atoms with Crippen LogP contribution in [0.2, 0.25) is 0 Å². The van der Waals surface area contributed by atoms with Gasteiger partial charge in [0.2, 0.25) is 0 Å². The maximum atomic E-state index is 12.9. The van der Waals surface area contributed by atoms with Crippen LogP contribution in [0.3, 0.4) is 0 Å². The molecule has 0 saturated heterocycles. The second-order valence-electron chi connectivity index (χ2n) is 8.10. The van der Waals surface area contributed by atoms with E-state index in [4.69, 9.17) is 9.15 Å². The fraction of sp³-hybridized carbons (Fsp3) is 0.545. The number of aryl methyl sites for hydroxylation is 1. The van der Waals surface area contributed by atoms with E-state index >= 15 is 0 Å². The van der Waals surface area contributed by atoms with Crippen LogP contribution < -0.4 is 4.74 Å². The number of ether oxygens (including phenoxy) is 1. The normalized spacial score (nSPS) is 12.4. The molecule has 1 heterocycles. The average Bonchev–Trinajstić information content (AvgIpc) is 2.93. The van der Waals surface area contributed by atoms with Crippen LogP contribution in [0.15, 0.2) is 34.4 Å². The van der Waals surface area contributed by atoms with Crippen molar-refractivity contribution in [2.24, 2.45) is 11.8 Å². The highest BCUT2D eigenvalue weighted by molar-refractivity contribution is 5.80. The van der Waals surface area contributed by atoms with E-state index < -0.39 is 0 Å². The number of hydrogen-bond acceptors (Lipinski definition) is 4. The van der Waals surface area contributed by atoms with Gasteiger partial charge in [0.05, 0.1) is 0 Å². The van der Waals surface area contributed by atoms with Crippen molar-refractivity contribution in [3.63, 3.8) is 0 Å². The number of rotatable bonds is 8. The summed E-state index contributed by atoms with van der Waals surface area (Å²) in [5.41, 5.74) is 3.54. The molecule has 0 bridgehead atoms. The second-order valence-corrected chi connectivity index (χ2v) is 8.10. The SMILES string of the molecule is Cc1ccc2oc(OCC(=O)N(/C(=C\C(C)C)CC(C)C)C(C)C)nc2c1. The highest BCUT2D eigenvalue weighted by Crippen LogP contribution is 2.23. The van der Waals surface area contributed by atoms with Crippen LogP contribution >= 0.6 is 0 Å². The molecule has 27 heavy (non-hydrogen) atoms. The lowest BCUT2D eigenvalue weighted by Crippen LogP contribution is -2.40. The summed E-state index contributed by atoms with van der Waals surface area (Å²) in [6, 6.07) is 5.80. The van der Waals surface area contributed by atoms with E-state index in [1.54, 1.807) is 0 Å². The Morgan fingerprint density at radius 1 is 1.22 bits per heavy atom. The zero-order valence-corrected chi connectivity index (χ0v) is 17.6. The molecule has 148 valence electrons. The van der Waals surface area contributed by atoms with E-state index in [1.165, 1.54) is 0 Å². The van der Waals surface area contributed by atoms with Gasteiger partial charge >= 0.3 is 6.08 Å². The summed E-state index contributed by atoms with van der Waals surface area (Å²) in [6.07, 6.45) is 3.15. The molecule has 0 aliphatic carbocycles. The standard InChI is InChI=1S/C22H32N2O3/c1-14(2)10-18(11-15(3)4)24(16(5)6)21(25)13-26-22-23-19-12-17(7)8-9-20(19)27-22/h8-10,12,14-16H,11,13H2,1-7H3/b18-10-. The minimum atomic E-state index is -0.0997. The van der Waals surface area contributed by atoms with E-state index in [9.17, 15) is 4.79 Å². The second kappa shape index (κ2) is 9.07. The molecule has 2 rings (SSSR count). The van der Waals surface area contributed by atoms with Gasteiger partial charge < -0.3 is 14.1 Å². The topological polar surface area (TPSA) is 55.6 Å². The molecule has 0 unspecified atom stereocenters. The molecule has 0 fully saturated rings. The molecular formula is C22H32N2O3. The predicted octanol–water partition coefficient (Wildman–Crippen LogP) is 5.34. The van der Waals surface area contributed by atoms with Crippen LogP contribution in [0.25, 0.3) is 11.1 Å². The van der Waals surface area contributed by atoms with Gasteiger partial charge in [0.1, 0.15) is 5.52 Å². The van der Waals surface area contributed by atoms with E-state index in [2.05, 4.69) is 38.8 Å². The number of aromatic nitrogens is 1. The van der Waals surface area contributed by atoms with Crippen molar-refractivity contribution in [2.45, 2.75) is 60.9 Å². The molecule has 0 radical (unpaired) electrons. The Hall–Kier alpha value is -2.30. The van der Waals surface area contributed by atoms with Gasteiger partial charge in [-0.25, -0.2) is 0 Å². The van der Waals surface area contributed by atoms with Crippen LogP contribution in [-0.2, 0) is 4.79 Å². The monoisotopic (exact) mass is 372 g/mol. The van der Waals surface area contributed by atoms with Gasteiger partial charge in [-0.05, 0) is 56.7 Å². The third kappa shape index (κ3) is 5.84. The van der Waals surface area contributed by atoms with Crippen molar-refractivity contribution in [3.8, 4) is 6.08 Å². The lowest BCUT2D eigenvalue weighted by molar-refractivity contribution is -0.133. The Morgan fingerprint density at radius 3 is 2.52 bits per heavy atom. The Labute approximate surface area is 162 Å². The molecule has 0 atom stereocenters. The van der Waals surface area contributed by atoms with Crippen LogP contribution in [0, 0.1) is 18.8 Å². The van der Waals surface area contributed by atoms with E-state index in [-0.39, 0.29) is 24.6 Å². The van der Waals surface area contributed by atoms with Crippen molar-refractivity contribution in [2.75, 3.05) is 6.61 Å². The van der Waals surface area contributed by atoms with Crippen LogP contribution in [0.5, 0.6) is 6.08 Å². The fourth-order valence-electron chi connectivity index (χ4n) is 3.10. The number of amides is 1. The Morgan fingerprint density at radius 2 is 1.93 bits per heavy atom. The number of carbonyl (C=O) groups is 1. The summed E-state index contributed by atoms with van der Waals surface area (Å²) >= 11 is 0. The molecule has 1 aromatic carbocycles. The van der Waals surface area contributed by atoms with Crippen molar-refractivity contribution in [1.29, 1.82) is 0 Å². The Bertz CT molecular complexity index is 803. The molecule has 5 nitrogen and oxygen atoms in total. The van der Waals surface area contributed by atoms with Crippen LogP contribution in [0.4, 0.5) is 0 Å². The first-order valence-electron chi connectivity index (χ1n) is 9.70. The lowest BCUT2D eigenvalue weighted by Gasteiger charge is -2.31. The summed E-state index contributed by atoms with van der Waals surface area (Å²) in [5.74, 6) is 0.746. The molecule has 0 aliphatic heterocycles. The number of benzene rings is 1. The highest BCUT2D eigenvalue weighted by atomic mass is 16.6. The molecule has 0 saturated carbocycles. The largest absolute Gasteiger partial charge is 0.440 e. The van der Waals surface area contributed by atoms with Gasteiger partial charge in [0.15, 0.2) is 12.2 Å². The minimum absolute atomic E-state index is 0.0520. The summed E-state index contributed by atoms with van der Waals surface area (Å²) in [6.45, 7) is 14.5. The van der Waals surface area contributed by atoms with Gasteiger partial charge in [-0.15, -0.1) is 0 Å². The number of carbonyl (C=O) groups excluding carboxylic acids is 1. The third-order valence-corrected chi connectivity index (χ3v) is 4.08. The molecule has 1 aromatic heterocycles. The van der Waals surface area contributed by atoms with E-state index in [1.807, 2.05) is 43.9 Å². The summed E-state index contributed by atoms with van der Waals surface area (Å²) in [5, 5.41) is 0. The first-order chi connectivity index (χ1) is 12.7. The highest BCUT2D eigenvalue weighted by Gasteiger charge is 2.23. The van der Waals surface area contributed by atoms with E-state index in [0.29, 0.717) is 17.4 Å². The Balaban J connectivity index is 2.15. The van der Waals surface area contributed by atoms with Gasteiger partial charge in [0, 0.05) is 11.7 Å². The summed E-state index contributed by atoms with van der Waals surface area (Å²) in [4.78, 5) is 19.1. The first-order valence-corrected chi connectivity index (χ1v) is 9.70. The molecule has 0 N–H and O–H groups in total. The minimum Gasteiger partial charge on any atom is -0.440 e. The average molecular weight is 373 g/mol. The zero-order valence-electron chi connectivity index (χ0n) is 17.6. The van der Waals surface area contributed by atoms with Crippen molar-refractivity contribution >= 4 is 17.0 Å². The number of fused-ring (bicyclic) bond motifs is 1. The predicted molar refractivity (Wildman–Crippen MR) is 109 cm³/mol. The van der Waals surface area contributed by atoms with Crippen molar-refractivity contribution in [1.82, 2.24) is 9.88 Å². The quantitative estimate of drug-likeness (QED) is 0.628. The van der Waals surface area contributed by atoms with Crippen LogP contribution in [0.1, 0.15) is 53.5 Å². The maximum Gasteiger partial charge on any atom is 0.395 e. The molecule has 1 amide bonds. The number of allylic oxidation sites excluding steroid dienone is 2. The number of oxazole rings is 1. The van der Waals surface area contributed by atoms with Crippen LogP contribution in [-0.4, -0.2) is 28.4 Å². The van der Waals surface area contributed by atoms with Gasteiger partial charge in [-0.3, -0.25) is 4.79 Å². The molecular weight excluding hydrogens is 340 g/mol. The maximum absolute atomic E-state index is 12.9. The molecule has 2 aromatic rings. The molecule has 0 aliphatic rings. The van der Waals surface area contributed by atoms with Crippen molar-refractivity contribution in [3.05, 3.63) is 35.5 Å². The summed E-state index contributed by atoms with van der Waals surface area (Å²) < 4.78 is 11.2. The zero-order chi connectivity index (χ0) is 20.1. The molecule has 5 heteroatoms. The van der Waals surface area contributed by atoms with Gasteiger partial charge in [0.25, 0.3) is 5.91 Å². The van der Waals surface area contributed by atoms with Gasteiger partial charge in [-0.1, -0.05) is 39.8 Å². The summed E-state index contributed by atoms with van der Waals surface area (Å²) in [7, 11) is 0. The number of nitrogens with zero attached hydrogens (tertiary/aromatic N) is 2. The number of hydrogen-bond donors (Lipinski definition) is 0. The van der Waals surface area contributed by atoms with Crippen molar-refractivity contribution < 1.29 is 13.9 Å².